The van der Waals surface area contributed by atoms with Gasteiger partial charge in [0.1, 0.15) is 0 Å². The predicted molar refractivity (Wildman–Crippen MR) is 62.4 cm³/mol. The van der Waals surface area contributed by atoms with Crippen molar-refractivity contribution in [1.29, 1.82) is 0 Å². The largest absolute Gasteiger partial charge is 0.340 e. The summed E-state index contributed by atoms with van der Waals surface area (Å²) in [7, 11) is 0. The van der Waals surface area contributed by atoms with Gasteiger partial charge >= 0.3 is 0 Å². The summed E-state index contributed by atoms with van der Waals surface area (Å²) in [6.45, 7) is 9.69. The zero-order valence-electron chi connectivity index (χ0n) is 10.4. The molecule has 0 aliphatic carbocycles. The Labute approximate surface area is 93.0 Å². The quantitative estimate of drug-likeness (QED) is 0.718. The SMILES string of the molecule is CCC1CC(N)CN(C(=O)C(C)(C)C)C1. The molecule has 15 heavy (non-hydrogen) atoms. The van der Waals surface area contributed by atoms with Crippen LogP contribution in [0.15, 0.2) is 0 Å². The van der Waals surface area contributed by atoms with E-state index in [4.69, 9.17) is 5.73 Å². The predicted octanol–water partition coefficient (Wildman–Crippen LogP) is 1.62. The Morgan fingerprint density at radius 2 is 2.00 bits per heavy atom. The molecule has 2 unspecified atom stereocenters. The third kappa shape index (κ3) is 3.20. The number of nitrogens with zero attached hydrogens (tertiary/aromatic N) is 1. The second kappa shape index (κ2) is 4.52. The van der Waals surface area contributed by atoms with Crippen molar-refractivity contribution < 1.29 is 4.79 Å². The van der Waals surface area contributed by atoms with E-state index in [1.807, 2.05) is 25.7 Å². The minimum Gasteiger partial charge on any atom is -0.340 e. The Kier molecular flexibility index (Phi) is 3.77. The highest BCUT2D eigenvalue weighted by Crippen LogP contribution is 2.24. The number of nitrogens with two attached hydrogens (primary N) is 1. The highest BCUT2D eigenvalue weighted by molar-refractivity contribution is 5.81. The van der Waals surface area contributed by atoms with Crippen molar-refractivity contribution in [2.45, 2.75) is 46.6 Å². The van der Waals surface area contributed by atoms with E-state index in [0.717, 1.165) is 25.9 Å². The van der Waals surface area contributed by atoms with E-state index in [1.165, 1.54) is 0 Å². The molecule has 2 atom stereocenters. The summed E-state index contributed by atoms with van der Waals surface area (Å²) in [6, 6.07) is 0.162. The lowest BCUT2D eigenvalue weighted by atomic mass is 9.89. The number of hydrogen-bond donors (Lipinski definition) is 1. The fourth-order valence-corrected chi connectivity index (χ4v) is 2.18. The van der Waals surface area contributed by atoms with Gasteiger partial charge in [-0.2, -0.15) is 0 Å². The molecule has 1 fully saturated rings. The van der Waals surface area contributed by atoms with Crippen molar-refractivity contribution in [3.63, 3.8) is 0 Å². The first-order valence-corrected chi connectivity index (χ1v) is 5.89. The maximum absolute atomic E-state index is 12.1. The van der Waals surface area contributed by atoms with Crippen LogP contribution in [0, 0.1) is 11.3 Å². The van der Waals surface area contributed by atoms with Crippen molar-refractivity contribution in [3.8, 4) is 0 Å². The molecule has 88 valence electrons. The maximum atomic E-state index is 12.1. The smallest absolute Gasteiger partial charge is 0.228 e. The molecular formula is C12H24N2O. The molecule has 2 N–H and O–H groups in total. The molecule has 0 aromatic rings. The number of hydrogen-bond acceptors (Lipinski definition) is 2. The first-order chi connectivity index (χ1) is 6.84. The van der Waals surface area contributed by atoms with E-state index >= 15 is 0 Å². The summed E-state index contributed by atoms with van der Waals surface area (Å²) < 4.78 is 0. The first kappa shape index (κ1) is 12.5. The van der Waals surface area contributed by atoms with Gasteiger partial charge < -0.3 is 10.6 Å². The number of carbonyl (C=O) groups is 1. The second-order valence-electron chi connectivity index (χ2n) is 5.73. The van der Waals surface area contributed by atoms with Gasteiger partial charge in [0.2, 0.25) is 5.91 Å². The molecule has 0 radical (unpaired) electrons. The third-order valence-electron chi connectivity index (χ3n) is 3.08. The summed E-state index contributed by atoms with van der Waals surface area (Å²) >= 11 is 0. The van der Waals surface area contributed by atoms with E-state index in [9.17, 15) is 4.79 Å². The Morgan fingerprint density at radius 1 is 1.40 bits per heavy atom. The van der Waals surface area contributed by atoms with Gasteiger partial charge in [0.05, 0.1) is 0 Å². The Balaban J connectivity index is 2.66. The molecule has 1 aliphatic rings. The van der Waals surface area contributed by atoms with Crippen molar-refractivity contribution in [1.82, 2.24) is 4.90 Å². The van der Waals surface area contributed by atoms with Crippen LogP contribution >= 0.6 is 0 Å². The van der Waals surface area contributed by atoms with Gasteiger partial charge in [-0.25, -0.2) is 0 Å². The molecule has 0 bridgehead atoms. The summed E-state index contributed by atoms with van der Waals surface area (Å²) in [5.74, 6) is 0.816. The fourth-order valence-electron chi connectivity index (χ4n) is 2.18. The van der Waals surface area contributed by atoms with E-state index in [2.05, 4.69) is 6.92 Å². The van der Waals surface area contributed by atoms with Gasteiger partial charge in [-0.1, -0.05) is 34.1 Å². The fraction of sp³-hybridized carbons (Fsp3) is 0.917. The third-order valence-corrected chi connectivity index (χ3v) is 3.08. The standard InChI is InChI=1S/C12H24N2O/c1-5-9-6-10(13)8-14(7-9)11(15)12(2,3)4/h9-10H,5-8,13H2,1-4H3. The molecule has 3 heteroatoms. The van der Waals surface area contributed by atoms with Crippen LogP contribution < -0.4 is 5.73 Å². The summed E-state index contributed by atoms with van der Waals surface area (Å²) in [5, 5.41) is 0. The molecule has 1 heterocycles. The van der Waals surface area contributed by atoms with Crippen molar-refractivity contribution >= 4 is 5.91 Å². The normalized spacial score (nSPS) is 27.9. The van der Waals surface area contributed by atoms with Crippen LogP contribution in [0.2, 0.25) is 0 Å². The zero-order valence-corrected chi connectivity index (χ0v) is 10.4. The number of likely N-dealkylation sites (tertiary alicyclic amines) is 1. The van der Waals surface area contributed by atoms with Crippen LogP contribution in [-0.4, -0.2) is 29.9 Å². The molecule has 0 aromatic carbocycles. The topological polar surface area (TPSA) is 46.3 Å². The molecule has 0 spiro atoms. The second-order valence-corrected chi connectivity index (χ2v) is 5.73. The lowest BCUT2D eigenvalue weighted by Crippen LogP contribution is -2.52. The van der Waals surface area contributed by atoms with E-state index in [1.54, 1.807) is 0 Å². The van der Waals surface area contributed by atoms with Gasteiger partial charge in [0.25, 0.3) is 0 Å². The number of rotatable bonds is 1. The molecule has 1 rings (SSSR count). The first-order valence-electron chi connectivity index (χ1n) is 5.89. The zero-order chi connectivity index (χ0) is 11.6. The molecular weight excluding hydrogens is 188 g/mol. The summed E-state index contributed by atoms with van der Waals surface area (Å²) in [6.07, 6.45) is 2.17. The van der Waals surface area contributed by atoms with Crippen LogP contribution in [0.4, 0.5) is 0 Å². The molecule has 3 nitrogen and oxygen atoms in total. The Bertz CT molecular complexity index is 232. The molecule has 1 aliphatic heterocycles. The van der Waals surface area contributed by atoms with Gasteiger partial charge in [0, 0.05) is 24.5 Å². The van der Waals surface area contributed by atoms with Gasteiger partial charge in [0.15, 0.2) is 0 Å². The van der Waals surface area contributed by atoms with E-state index < -0.39 is 0 Å². The van der Waals surface area contributed by atoms with Gasteiger partial charge in [-0.3, -0.25) is 4.79 Å². The average molecular weight is 212 g/mol. The minimum atomic E-state index is -0.282. The molecule has 1 amide bonds. The minimum absolute atomic E-state index is 0.162. The Hall–Kier alpha value is -0.570. The van der Waals surface area contributed by atoms with Crippen LogP contribution in [0.5, 0.6) is 0 Å². The highest BCUT2D eigenvalue weighted by atomic mass is 16.2. The summed E-state index contributed by atoms with van der Waals surface area (Å²) in [5.41, 5.74) is 5.70. The lowest BCUT2D eigenvalue weighted by Gasteiger charge is -2.39. The lowest BCUT2D eigenvalue weighted by molar-refractivity contribution is -0.141. The van der Waals surface area contributed by atoms with Crippen molar-refractivity contribution in [2.24, 2.45) is 17.1 Å². The van der Waals surface area contributed by atoms with Crippen molar-refractivity contribution in [3.05, 3.63) is 0 Å². The number of carbonyl (C=O) groups excluding carboxylic acids is 1. The Morgan fingerprint density at radius 3 is 2.47 bits per heavy atom. The summed E-state index contributed by atoms with van der Waals surface area (Å²) in [4.78, 5) is 14.0. The van der Waals surface area contributed by atoms with Crippen LogP contribution in [-0.2, 0) is 4.79 Å². The van der Waals surface area contributed by atoms with E-state index in [-0.39, 0.29) is 17.4 Å². The maximum Gasteiger partial charge on any atom is 0.228 e. The van der Waals surface area contributed by atoms with Gasteiger partial charge in [-0.15, -0.1) is 0 Å². The molecule has 1 saturated heterocycles. The van der Waals surface area contributed by atoms with Crippen LogP contribution in [0.3, 0.4) is 0 Å². The van der Waals surface area contributed by atoms with Crippen LogP contribution in [0.25, 0.3) is 0 Å². The number of piperidine rings is 1. The molecule has 0 aromatic heterocycles. The average Bonchev–Trinajstić information content (AvgIpc) is 2.14. The number of amides is 1. The van der Waals surface area contributed by atoms with Gasteiger partial charge in [-0.05, 0) is 12.3 Å². The molecule has 0 saturated carbocycles. The highest BCUT2D eigenvalue weighted by Gasteiger charge is 2.32. The monoisotopic (exact) mass is 212 g/mol. The van der Waals surface area contributed by atoms with Crippen molar-refractivity contribution in [2.75, 3.05) is 13.1 Å². The van der Waals surface area contributed by atoms with E-state index in [0.29, 0.717) is 5.92 Å². The van der Waals surface area contributed by atoms with Crippen LogP contribution in [0.1, 0.15) is 40.5 Å².